The van der Waals surface area contributed by atoms with Crippen LogP contribution in [0.4, 0.5) is 0 Å². The molecule has 0 atom stereocenters. The Kier molecular flexibility index (Phi) is 7.57. The number of aromatic nitrogens is 3. The molecule has 0 fully saturated rings. The Morgan fingerprint density at radius 2 is 0.857 bits per heavy atom. The lowest BCUT2D eigenvalue weighted by Gasteiger charge is -2.30. The third kappa shape index (κ3) is 4.76. The van der Waals surface area contributed by atoms with Crippen LogP contribution in [-0.4, -0.2) is 54.0 Å². The van der Waals surface area contributed by atoms with E-state index in [2.05, 4.69) is 212 Å². The van der Waals surface area contributed by atoms with Crippen molar-refractivity contribution in [3.8, 4) is 50.2 Å². The van der Waals surface area contributed by atoms with E-state index < -0.39 is 5.41 Å². The number of benzene rings is 9. The Labute approximate surface area is 370 Å². The Morgan fingerprint density at radius 3 is 1.51 bits per heavy atom. The van der Waals surface area contributed by atoms with Gasteiger partial charge in [0.05, 0.1) is 34.5 Å². The van der Waals surface area contributed by atoms with Gasteiger partial charge in [-0.1, -0.05) is 132 Å². The molecule has 0 N–H and O–H groups in total. The van der Waals surface area contributed by atoms with Crippen LogP contribution in [0.25, 0.3) is 93.5 Å². The molecule has 0 saturated carbocycles. The first-order chi connectivity index (χ1) is 30.8. The van der Waals surface area contributed by atoms with E-state index in [-0.39, 0.29) is 0 Å². The first kappa shape index (κ1) is 36.4. The number of hydrogen-bond donors (Lipinski definition) is 0. The largest absolute Gasteiger partial charge is 0.309 e. The molecule has 0 radical (unpaired) electrons. The van der Waals surface area contributed by atoms with E-state index in [9.17, 15) is 0 Å². The van der Waals surface area contributed by atoms with Gasteiger partial charge in [0.2, 0.25) is 0 Å². The third-order valence-electron chi connectivity index (χ3n) is 15.2. The molecule has 1 spiro atoms. The minimum atomic E-state index is -0.392. The molecule has 0 aliphatic heterocycles. The summed E-state index contributed by atoms with van der Waals surface area (Å²) in [6.07, 6.45) is 3.91. The molecule has 0 saturated heterocycles. The van der Waals surface area contributed by atoms with Crippen LogP contribution in [0.15, 0.2) is 170 Å². The summed E-state index contributed by atoms with van der Waals surface area (Å²) in [5.74, 6) is 0. The molecule has 3 nitrogen and oxygen atoms in total. The molecule has 63 heavy (non-hydrogen) atoms. The van der Waals surface area contributed by atoms with Gasteiger partial charge in [-0.05, 0) is 114 Å². The molecule has 2 aromatic heterocycles. The highest BCUT2D eigenvalue weighted by Crippen LogP contribution is 2.63. The average Bonchev–Trinajstić information content (AvgIpc) is 3.93. The number of nitrogens with zero attached hydrogens (tertiary/aromatic N) is 3. The van der Waals surface area contributed by atoms with Crippen molar-refractivity contribution in [1.29, 1.82) is 0 Å². The second kappa shape index (κ2) is 13.1. The molecule has 13 rings (SSSR count). The zero-order valence-corrected chi connectivity index (χ0v) is 36.0. The SMILES string of the molecule is Bc1c(B)c(B)c(-c2ccc(-n3c4ccc(-c5ccc6c(c5)C5(c7ccccc7-c7ccccc75)c5ccccc5-6)cc4c4cc5ccccc5cc43)c3cnncc23)c(B)c1B. The van der Waals surface area contributed by atoms with E-state index in [1.165, 1.54) is 121 Å². The summed E-state index contributed by atoms with van der Waals surface area (Å²) in [5, 5.41) is 16.1. The third-order valence-corrected chi connectivity index (χ3v) is 15.2. The van der Waals surface area contributed by atoms with E-state index in [1.54, 1.807) is 0 Å². The molecule has 0 amide bonds. The van der Waals surface area contributed by atoms with Gasteiger partial charge < -0.3 is 4.57 Å². The standard InChI is InChI=1S/C55H38B5N3/c56-50-49(51(57)53(59)54(60)52(50)58)37-20-22-47(41-28-62-61-27-40(37)41)63-46-21-18-31(24-38(46)39-23-29-9-1-2-10-30(29)26-48(39)63)32-17-19-36-35-13-5-8-16-44(35)55(45(36)25-32)42-14-6-3-11-33(42)34-12-4-7-15-43(34)55/h1-28H,56-60H2. The van der Waals surface area contributed by atoms with Crippen molar-refractivity contribution in [2.75, 3.05) is 0 Å². The van der Waals surface area contributed by atoms with Crippen molar-refractivity contribution in [1.82, 2.24) is 14.8 Å². The summed E-state index contributed by atoms with van der Waals surface area (Å²) < 4.78 is 2.46. The Morgan fingerprint density at radius 1 is 0.365 bits per heavy atom. The molecule has 11 aromatic rings. The summed E-state index contributed by atoms with van der Waals surface area (Å²) in [5.41, 5.74) is 25.3. The molecule has 2 aliphatic carbocycles. The Bertz CT molecular complexity index is 3740. The molecule has 9 aromatic carbocycles. The van der Waals surface area contributed by atoms with Crippen molar-refractivity contribution < 1.29 is 0 Å². The van der Waals surface area contributed by atoms with Gasteiger partial charge in [0.1, 0.15) is 39.2 Å². The van der Waals surface area contributed by atoms with Crippen LogP contribution in [0.3, 0.4) is 0 Å². The van der Waals surface area contributed by atoms with Gasteiger partial charge in [-0.25, -0.2) is 0 Å². The molecule has 8 heteroatoms. The van der Waals surface area contributed by atoms with Crippen molar-refractivity contribution in [2.24, 2.45) is 0 Å². The van der Waals surface area contributed by atoms with Gasteiger partial charge in [-0.15, -0.1) is 16.4 Å². The second-order valence-electron chi connectivity index (χ2n) is 17.9. The maximum Gasteiger partial charge on any atom is 0.139 e. The smallest absolute Gasteiger partial charge is 0.139 e. The molecule has 288 valence electrons. The highest BCUT2D eigenvalue weighted by atomic mass is 15.1. The Hall–Kier alpha value is -7.30. The van der Waals surface area contributed by atoms with Gasteiger partial charge in [0, 0.05) is 21.5 Å². The molecular weight excluding hydrogens is 757 g/mol. The van der Waals surface area contributed by atoms with Crippen molar-refractivity contribution in [3.63, 3.8) is 0 Å². The normalized spacial score (nSPS) is 13.2. The summed E-state index contributed by atoms with van der Waals surface area (Å²) in [7, 11) is 11.3. The maximum absolute atomic E-state index is 4.51. The van der Waals surface area contributed by atoms with Crippen LogP contribution in [-0.2, 0) is 5.41 Å². The Balaban J connectivity index is 1.05. The fraction of sp³-hybridized carbons (Fsp3) is 0.0182. The first-order valence-corrected chi connectivity index (χ1v) is 22.1. The summed E-state index contributed by atoms with van der Waals surface area (Å²) in [6, 6.07) is 59.5. The lowest BCUT2D eigenvalue weighted by Crippen LogP contribution is -2.55. The highest BCUT2D eigenvalue weighted by molar-refractivity contribution is 6.68. The molecular formula is C55H38B5N3. The van der Waals surface area contributed by atoms with Crippen molar-refractivity contribution in [3.05, 3.63) is 192 Å². The van der Waals surface area contributed by atoms with E-state index in [0.29, 0.717) is 0 Å². The van der Waals surface area contributed by atoms with Crippen LogP contribution in [0.5, 0.6) is 0 Å². The summed E-state index contributed by atoms with van der Waals surface area (Å²) in [6.45, 7) is 0. The van der Waals surface area contributed by atoms with Crippen LogP contribution in [0.1, 0.15) is 22.3 Å². The lowest BCUT2D eigenvalue weighted by atomic mass is 9.59. The maximum atomic E-state index is 4.51. The van der Waals surface area contributed by atoms with E-state index in [1.807, 2.05) is 12.4 Å². The van der Waals surface area contributed by atoms with Crippen LogP contribution < -0.4 is 27.3 Å². The monoisotopic (exact) mass is 795 g/mol. The minimum absolute atomic E-state index is 0.392. The van der Waals surface area contributed by atoms with Crippen LogP contribution in [0, 0.1) is 0 Å². The summed E-state index contributed by atoms with van der Waals surface area (Å²) in [4.78, 5) is 0. The topological polar surface area (TPSA) is 30.7 Å². The van der Waals surface area contributed by atoms with E-state index in [0.717, 1.165) is 22.0 Å². The van der Waals surface area contributed by atoms with Crippen molar-refractivity contribution in [2.45, 2.75) is 5.41 Å². The summed E-state index contributed by atoms with van der Waals surface area (Å²) >= 11 is 0. The lowest BCUT2D eigenvalue weighted by molar-refractivity contribution is 0.794. The fourth-order valence-electron chi connectivity index (χ4n) is 11.8. The number of rotatable bonds is 3. The van der Waals surface area contributed by atoms with Gasteiger partial charge in [0.15, 0.2) is 0 Å². The predicted octanol–water partition coefficient (Wildman–Crippen LogP) is 4.85. The zero-order chi connectivity index (χ0) is 42.3. The number of fused-ring (bicyclic) bond motifs is 15. The van der Waals surface area contributed by atoms with E-state index >= 15 is 0 Å². The quantitative estimate of drug-likeness (QED) is 0.240. The molecule has 0 bridgehead atoms. The van der Waals surface area contributed by atoms with Crippen LogP contribution >= 0.6 is 0 Å². The highest BCUT2D eigenvalue weighted by Gasteiger charge is 2.51. The van der Waals surface area contributed by atoms with Gasteiger partial charge in [0.25, 0.3) is 0 Å². The second-order valence-corrected chi connectivity index (χ2v) is 17.9. The fourth-order valence-corrected chi connectivity index (χ4v) is 11.8. The van der Waals surface area contributed by atoms with Crippen LogP contribution in [0.2, 0.25) is 0 Å². The predicted molar refractivity (Wildman–Crippen MR) is 279 cm³/mol. The molecule has 2 heterocycles. The first-order valence-electron chi connectivity index (χ1n) is 22.1. The number of hydrogen-bond acceptors (Lipinski definition) is 2. The minimum Gasteiger partial charge on any atom is -0.309 e. The van der Waals surface area contributed by atoms with Gasteiger partial charge in [-0.3, -0.25) is 0 Å². The van der Waals surface area contributed by atoms with Crippen molar-refractivity contribution >= 4 is 110 Å². The molecule has 2 aliphatic rings. The van der Waals surface area contributed by atoms with Gasteiger partial charge in [-0.2, -0.15) is 10.2 Å². The zero-order valence-electron chi connectivity index (χ0n) is 36.0. The van der Waals surface area contributed by atoms with Gasteiger partial charge >= 0.3 is 0 Å². The molecule has 0 unspecified atom stereocenters. The average molecular weight is 795 g/mol. The van der Waals surface area contributed by atoms with E-state index in [4.69, 9.17) is 0 Å².